The van der Waals surface area contributed by atoms with Gasteiger partial charge in [-0.1, -0.05) is 48.5 Å². The fourth-order valence-electron chi connectivity index (χ4n) is 4.19. The standard InChI is InChI=1S/C27H26N2O5S/c1-35-15-14-24(26(31)32)29-25(30)17-10-12-18(13-11-17)28-27(33)34-16-23-21-8-4-2-6-19(21)20-7-3-5-9-22(20)23/h2-13,23-24H,14-16H2,1H3,(H,28,33)(H,29,30)(H,31,32)/t24-/m1/s1. The van der Waals surface area contributed by atoms with Crippen molar-refractivity contribution in [1.29, 1.82) is 0 Å². The molecule has 180 valence electrons. The molecule has 4 rings (SSSR count). The SMILES string of the molecule is CSCC[C@@H](NC(=O)c1ccc(NC(=O)OCC2c3ccccc3-c3ccccc32)cc1)C(=O)O. The number of rotatable bonds is 9. The van der Waals surface area contributed by atoms with E-state index in [2.05, 4.69) is 34.9 Å². The number of amides is 2. The molecule has 1 atom stereocenters. The second-order valence-electron chi connectivity index (χ2n) is 8.17. The van der Waals surface area contributed by atoms with E-state index in [1.807, 2.05) is 30.5 Å². The number of carboxylic acid groups (broad SMARTS) is 1. The molecule has 0 aromatic heterocycles. The van der Waals surface area contributed by atoms with Crippen molar-refractivity contribution in [3.8, 4) is 11.1 Å². The van der Waals surface area contributed by atoms with Gasteiger partial charge in [-0.2, -0.15) is 11.8 Å². The molecular formula is C27H26N2O5S. The van der Waals surface area contributed by atoms with Crippen molar-refractivity contribution in [1.82, 2.24) is 5.32 Å². The van der Waals surface area contributed by atoms with Gasteiger partial charge in [0.15, 0.2) is 0 Å². The van der Waals surface area contributed by atoms with Crippen LogP contribution in [0.2, 0.25) is 0 Å². The minimum absolute atomic E-state index is 0.0347. The van der Waals surface area contributed by atoms with Gasteiger partial charge in [-0.05, 0) is 64.9 Å². The zero-order valence-corrected chi connectivity index (χ0v) is 20.0. The highest BCUT2D eigenvalue weighted by molar-refractivity contribution is 7.98. The Morgan fingerprint density at radius 3 is 2.11 bits per heavy atom. The Balaban J connectivity index is 1.34. The maximum Gasteiger partial charge on any atom is 0.411 e. The average Bonchev–Trinajstić information content (AvgIpc) is 3.19. The van der Waals surface area contributed by atoms with Gasteiger partial charge in [0.2, 0.25) is 0 Å². The molecule has 1 aliphatic carbocycles. The Bertz CT molecular complexity index is 1180. The largest absolute Gasteiger partial charge is 0.480 e. The monoisotopic (exact) mass is 490 g/mol. The van der Waals surface area contributed by atoms with Crippen LogP contribution in [0.25, 0.3) is 11.1 Å². The van der Waals surface area contributed by atoms with Gasteiger partial charge in [0, 0.05) is 17.2 Å². The minimum Gasteiger partial charge on any atom is -0.480 e. The van der Waals surface area contributed by atoms with Crippen LogP contribution in [0.1, 0.15) is 33.8 Å². The van der Waals surface area contributed by atoms with Crippen LogP contribution >= 0.6 is 11.8 Å². The molecule has 0 saturated carbocycles. The van der Waals surface area contributed by atoms with E-state index in [4.69, 9.17) is 4.74 Å². The molecule has 0 bridgehead atoms. The highest BCUT2D eigenvalue weighted by Gasteiger charge is 2.29. The Hall–Kier alpha value is -3.78. The highest BCUT2D eigenvalue weighted by atomic mass is 32.2. The van der Waals surface area contributed by atoms with Crippen LogP contribution in [0, 0.1) is 0 Å². The number of hydrogen-bond donors (Lipinski definition) is 3. The van der Waals surface area contributed by atoms with Crippen LogP contribution in [0.3, 0.4) is 0 Å². The molecule has 3 aromatic carbocycles. The Labute approximate surface area is 207 Å². The number of aliphatic carboxylic acids is 1. The summed E-state index contributed by atoms with van der Waals surface area (Å²) in [4.78, 5) is 36.2. The van der Waals surface area contributed by atoms with Gasteiger partial charge in [-0.25, -0.2) is 9.59 Å². The topological polar surface area (TPSA) is 105 Å². The van der Waals surface area contributed by atoms with E-state index in [1.165, 1.54) is 23.9 Å². The van der Waals surface area contributed by atoms with E-state index >= 15 is 0 Å². The molecule has 3 aromatic rings. The van der Waals surface area contributed by atoms with Crippen LogP contribution < -0.4 is 10.6 Å². The van der Waals surface area contributed by atoms with Crippen molar-refractivity contribution in [2.75, 3.05) is 23.9 Å². The maximum atomic E-state index is 12.5. The Morgan fingerprint density at radius 2 is 1.54 bits per heavy atom. The summed E-state index contributed by atoms with van der Waals surface area (Å²) >= 11 is 1.52. The molecule has 0 unspecified atom stereocenters. The van der Waals surface area contributed by atoms with Crippen molar-refractivity contribution < 1.29 is 24.2 Å². The summed E-state index contributed by atoms with van der Waals surface area (Å²) in [6.07, 6.45) is 1.62. The zero-order chi connectivity index (χ0) is 24.8. The van der Waals surface area contributed by atoms with Gasteiger partial charge in [0.05, 0.1) is 0 Å². The first-order chi connectivity index (χ1) is 17.0. The number of hydrogen-bond acceptors (Lipinski definition) is 5. The fraction of sp³-hybridized carbons (Fsp3) is 0.222. The van der Waals surface area contributed by atoms with E-state index in [-0.39, 0.29) is 12.5 Å². The van der Waals surface area contributed by atoms with Crippen LogP contribution in [0.15, 0.2) is 72.8 Å². The van der Waals surface area contributed by atoms with Gasteiger partial charge < -0.3 is 15.2 Å². The zero-order valence-electron chi connectivity index (χ0n) is 19.2. The highest BCUT2D eigenvalue weighted by Crippen LogP contribution is 2.44. The molecule has 2 amide bonds. The molecule has 0 aliphatic heterocycles. The predicted molar refractivity (Wildman–Crippen MR) is 137 cm³/mol. The molecule has 1 aliphatic rings. The van der Waals surface area contributed by atoms with Crippen LogP contribution in [-0.4, -0.2) is 47.7 Å². The van der Waals surface area contributed by atoms with Gasteiger partial charge in [0.25, 0.3) is 5.91 Å². The molecule has 0 spiro atoms. The normalized spacial score (nSPS) is 12.8. The van der Waals surface area contributed by atoms with Gasteiger partial charge >= 0.3 is 12.1 Å². The quantitative estimate of drug-likeness (QED) is 0.391. The molecular weight excluding hydrogens is 464 g/mol. The maximum absolute atomic E-state index is 12.5. The number of fused-ring (bicyclic) bond motifs is 3. The molecule has 8 heteroatoms. The molecule has 7 nitrogen and oxygen atoms in total. The second kappa shape index (κ2) is 11.1. The third-order valence-corrected chi connectivity index (χ3v) is 6.60. The van der Waals surface area contributed by atoms with Crippen LogP contribution in [-0.2, 0) is 9.53 Å². The lowest BCUT2D eigenvalue weighted by Crippen LogP contribution is -2.41. The second-order valence-corrected chi connectivity index (χ2v) is 9.16. The third kappa shape index (κ3) is 5.66. The van der Waals surface area contributed by atoms with Crippen LogP contribution in [0.5, 0.6) is 0 Å². The van der Waals surface area contributed by atoms with Gasteiger partial charge in [0.1, 0.15) is 12.6 Å². The lowest BCUT2D eigenvalue weighted by atomic mass is 9.98. The lowest BCUT2D eigenvalue weighted by molar-refractivity contribution is -0.139. The summed E-state index contributed by atoms with van der Waals surface area (Å²) in [6, 6.07) is 21.5. The first-order valence-electron chi connectivity index (χ1n) is 11.2. The first-order valence-corrected chi connectivity index (χ1v) is 12.6. The van der Waals surface area contributed by atoms with E-state index < -0.39 is 24.0 Å². The fourth-order valence-corrected chi connectivity index (χ4v) is 4.66. The minimum atomic E-state index is -1.07. The molecule has 0 radical (unpaired) electrons. The predicted octanol–water partition coefficient (Wildman–Crippen LogP) is 4.98. The average molecular weight is 491 g/mol. The molecule has 0 heterocycles. The van der Waals surface area contributed by atoms with Crippen molar-refractivity contribution in [2.45, 2.75) is 18.4 Å². The third-order valence-electron chi connectivity index (χ3n) is 5.95. The summed E-state index contributed by atoms with van der Waals surface area (Å²) in [5, 5.41) is 14.5. The number of thioether (sulfide) groups is 1. The van der Waals surface area contributed by atoms with E-state index in [0.29, 0.717) is 23.4 Å². The van der Waals surface area contributed by atoms with E-state index in [1.54, 1.807) is 12.1 Å². The van der Waals surface area contributed by atoms with Crippen molar-refractivity contribution >= 4 is 35.4 Å². The Kier molecular flexibility index (Phi) is 7.72. The molecule has 0 fully saturated rings. The van der Waals surface area contributed by atoms with Crippen molar-refractivity contribution in [2.24, 2.45) is 0 Å². The summed E-state index contributed by atoms with van der Waals surface area (Å²) in [7, 11) is 0. The van der Waals surface area contributed by atoms with E-state index in [9.17, 15) is 19.5 Å². The Morgan fingerprint density at radius 1 is 0.943 bits per heavy atom. The number of nitrogens with one attached hydrogen (secondary N) is 2. The molecule has 35 heavy (non-hydrogen) atoms. The molecule has 3 N–H and O–H groups in total. The number of anilines is 1. The van der Waals surface area contributed by atoms with Gasteiger partial charge in [-0.3, -0.25) is 10.1 Å². The van der Waals surface area contributed by atoms with Crippen molar-refractivity contribution in [3.05, 3.63) is 89.5 Å². The number of benzene rings is 3. The number of carboxylic acids is 1. The van der Waals surface area contributed by atoms with Crippen molar-refractivity contribution in [3.63, 3.8) is 0 Å². The summed E-state index contributed by atoms with van der Waals surface area (Å²) in [5.74, 6) is -0.958. The lowest BCUT2D eigenvalue weighted by Gasteiger charge is -2.15. The smallest absolute Gasteiger partial charge is 0.411 e. The van der Waals surface area contributed by atoms with Crippen LogP contribution in [0.4, 0.5) is 10.5 Å². The summed E-state index contributed by atoms with van der Waals surface area (Å²) in [6.45, 7) is 0.201. The van der Waals surface area contributed by atoms with E-state index in [0.717, 1.165) is 22.3 Å². The van der Waals surface area contributed by atoms with Gasteiger partial charge in [-0.15, -0.1) is 0 Å². The first kappa shape index (κ1) is 24.3. The summed E-state index contributed by atoms with van der Waals surface area (Å²) < 4.78 is 5.54. The molecule has 0 saturated heterocycles. The number of carbonyl (C=O) groups is 3. The number of carbonyl (C=O) groups excluding carboxylic acids is 2. The number of ether oxygens (including phenoxy) is 1. The summed E-state index contributed by atoms with van der Waals surface area (Å²) in [5.41, 5.74) is 5.35.